The monoisotopic (exact) mass is 226 g/mol. The van der Waals surface area contributed by atoms with Gasteiger partial charge in [-0.15, -0.1) is 11.8 Å². The zero-order valence-corrected chi connectivity index (χ0v) is 9.20. The topological polar surface area (TPSA) is 65.4 Å². The molecule has 14 heavy (non-hydrogen) atoms. The van der Waals surface area contributed by atoms with Gasteiger partial charge < -0.3 is 0 Å². The Balaban J connectivity index is 2.04. The summed E-state index contributed by atoms with van der Waals surface area (Å²) < 4.78 is 0. The van der Waals surface area contributed by atoms with Crippen molar-refractivity contribution in [2.75, 3.05) is 17.3 Å². The van der Waals surface area contributed by atoms with E-state index in [1.54, 1.807) is 0 Å². The molecule has 1 unspecified atom stereocenters. The molecule has 1 atom stereocenters. The van der Waals surface area contributed by atoms with Gasteiger partial charge in [-0.2, -0.15) is 22.1 Å². The van der Waals surface area contributed by atoms with Crippen LogP contribution >= 0.6 is 23.5 Å². The normalized spacial score (nSPS) is 21.8. The fourth-order valence-electron chi connectivity index (χ4n) is 1.24. The number of aromatic nitrogens is 3. The van der Waals surface area contributed by atoms with Gasteiger partial charge in [0.2, 0.25) is 0 Å². The van der Waals surface area contributed by atoms with E-state index in [-0.39, 0.29) is 0 Å². The highest BCUT2D eigenvalue weighted by Gasteiger charge is 2.20. The molecular formula is C8H10N4S2. The first-order chi connectivity index (χ1) is 6.90. The van der Waals surface area contributed by atoms with Gasteiger partial charge in [0.05, 0.1) is 17.7 Å². The number of hydrogen-bond donors (Lipinski definition) is 1. The summed E-state index contributed by atoms with van der Waals surface area (Å²) in [5.41, 5.74) is 0. The number of hydrogen-bond acceptors (Lipinski definition) is 5. The van der Waals surface area contributed by atoms with Crippen LogP contribution in [0.15, 0.2) is 0 Å². The number of nitrogens with one attached hydrogen (secondary N) is 1. The van der Waals surface area contributed by atoms with Crippen LogP contribution in [0.25, 0.3) is 0 Å². The fourth-order valence-corrected chi connectivity index (χ4v) is 3.84. The Morgan fingerprint density at radius 3 is 3.21 bits per heavy atom. The summed E-state index contributed by atoms with van der Waals surface area (Å²) in [5, 5.41) is 15.8. The van der Waals surface area contributed by atoms with Crippen molar-refractivity contribution in [2.24, 2.45) is 0 Å². The highest BCUT2D eigenvalue weighted by molar-refractivity contribution is 8.06. The second-order valence-corrected chi connectivity index (χ2v) is 5.37. The minimum absolute atomic E-state index is 0.317. The molecule has 2 rings (SSSR count). The lowest BCUT2D eigenvalue weighted by Gasteiger charge is -2.17. The zero-order valence-electron chi connectivity index (χ0n) is 7.56. The SMILES string of the molecule is N#CCc1nc(C2CSCCS2)n[nH]1. The molecule has 6 heteroatoms. The van der Waals surface area contributed by atoms with E-state index >= 15 is 0 Å². The quantitative estimate of drug-likeness (QED) is 0.825. The van der Waals surface area contributed by atoms with Crippen LogP contribution in [0.4, 0.5) is 0 Å². The Bertz CT molecular complexity index is 337. The summed E-state index contributed by atoms with van der Waals surface area (Å²) in [6, 6.07) is 2.05. The fraction of sp³-hybridized carbons (Fsp3) is 0.625. The molecular weight excluding hydrogens is 216 g/mol. The number of H-pyrrole nitrogens is 1. The van der Waals surface area contributed by atoms with E-state index in [1.165, 1.54) is 5.75 Å². The summed E-state index contributed by atoms with van der Waals surface area (Å²) in [6.45, 7) is 0. The lowest BCUT2D eigenvalue weighted by atomic mass is 10.4. The van der Waals surface area contributed by atoms with E-state index in [0.29, 0.717) is 17.5 Å². The standard InChI is InChI=1S/C8H10N4S2/c9-2-1-7-10-8(12-11-7)6-5-13-3-4-14-6/h6H,1,3-5H2,(H,10,11,12). The van der Waals surface area contributed by atoms with Gasteiger partial charge in [0, 0.05) is 17.3 Å². The van der Waals surface area contributed by atoms with Gasteiger partial charge in [-0.25, -0.2) is 4.98 Å². The molecule has 0 radical (unpaired) electrons. The second-order valence-electron chi connectivity index (χ2n) is 2.91. The molecule has 0 spiro atoms. The lowest BCUT2D eigenvalue weighted by molar-refractivity contribution is 0.930. The van der Waals surface area contributed by atoms with Crippen LogP contribution < -0.4 is 0 Å². The molecule has 4 nitrogen and oxygen atoms in total. The average molecular weight is 226 g/mol. The van der Waals surface area contributed by atoms with E-state index in [2.05, 4.69) is 21.3 Å². The van der Waals surface area contributed by atoms with Crippen molar-refractivity contribution in [2.45, 2.75) is 11.7 Å². The van der Waals surface area contributed by atoms with Crippen molar-refractivity contribution in [3.05, 3.63) is 11.6 Å². The molecule has 1 aromatic rings. The average Bonchev–Trinajstić information content (AvgIpc) is 2.68. The highest BCUT2D eigenvalue weighted by Crippen LogP contribution is 2.34. The van der Waals surface area contributed by atoms with Crippen LogP contribution in [0.1, 0.15) is 16.9 Å². The van der Waals surface area contributed by atoms with Crippen molar-refractivity contribution in [3.8, 4) is 6.07 Å². The Kier molecular flexibility index (Phi) is 3.32. The minimum atomic E-state index is 0.317. The number of nitrogens with zero attached hydrogens (tertiary/aromatic N) is 3. The maximum absolute atomic E-state index is 8.49. The first kappa shape index (κ1) is 9.87. The predicted molar refractivity (Wildman–Crippen MR) is 58.2 cm³/mol. The Morgan fingerprint density at radius 2 is 2.50 bits per heavy atom. The van der Waals surface area contributed by atoms with Crippen LogP contribution in [0.5, 0.6) is 0 Å². The third kappa shape index (κ3) is 2.22. The van der Waals surface area contributed by atoms with Crippen molar-refractivity contribution >= 4 is 23.5 Å². The molecule has 1 aromatic heterocycles. The Hall–Kier alpha value is -0.670. The number of nitriles is 1. The van der Waals surface area contributed by atoms with Crippen LogP contribution in [-0.4, -0.2) is 32.4 Å². The molecule has 1 fully saturated rings. The van der Waals surface area contributed by atoms with Gasteiger partial charge in [0.25, 0.3) is 0 Å². The molecule has 2 heterocycles. The van der Waals surface area contributed by atoms with E-state index in [4.69, 9.17) is 5.26 Å². The Labute approximate surface area is 90.9 Å². The summed E-state index contributed by atoms with van der Waals surface area (Å²) >= 11 is 3.84. The molecule has 1 aliphatic heterocycles. The van der Waals surface area contributed by atoms with Crippen molar-refractivity contribution in [1.29, 1.82) is 5.26 Å². The van der Waals surface area contributed by atoms with Gasteiger partial charge in [-0.05, 0) is 0 Å². The largest absolute Gasteiger partial charge is 0.262 e. The number of thioether (sulfide) groups is 2. The molecule has 74 valence electrons. The Morgan fingerprint density at radius 1 is 1.57 bits per heavy atom. The smallest absolute Gasteiger partial charge is 0.164 e. The summed E-state index contributed by atoms with van der Waals surface area (Å²) in [4.78, 5) is 4.30. The van der Waals surface area contributed by atoms with Gasteiger partial charge >= 0.3 is 0 Å². The van der Waals surface area contributed by atoms with E-state index < -0.39 is 0 Å². The summed E-state index contributed by atoms with van der Waals surface area (Å²) in [6.07, 6.45) is 0.317. The predicted octanol–water partition coefficient (Wildman–Crippen LogP) is 1.39. The van der Waals surface area contributed by atoms with Crippen LogP contribution in [-0.2, 0) is 6.42 Å². The molecule has 0 amide bonds. The molecule has 0 aliphatic carbocycles. The third-order valence-corrected chi connectivity index (χ3v) is 4.65. The molecule has 1 saturated heterocycles. The minimum Gasteiger partial charge on any atom is -0.262 e. The van der Waals surface area contributed by atoms with Gasteiger partial charge in [0.15, 0.2) is 5.82 Å². The first-order valence-corrected chi connectivity index (χ1v) is 6.58. The molecule has 0 aromatic carbocycles. The van der Waals surface area contributed by atoms with E-state index in [1.807, 2.05) is 23.5 Å². The van der Waals surface area contributed by atoms with E-state index in [9.17, 15) is 0 Å². The number of aromatic amines is 1. The van der Waals surface area contributed by atoms with Crippen molar-refractivity contribution in [3.63, 3.8) is 0 Å². The van der Waals surface area contributed by atoms with Crippen LogP contribution in [0.3, 0.4) is 0 Å². The maximum atomic E-state index is 8.49. The second kappa shape index (κ2) is 4.71. The molecule has 0 bridgehead atoms. The lowest BCUT2D eigenvalue weighted by Crippen LogP contribution is -2.08. The van der Waals surface area contributed by atoms with Crippen molar-refractivity contribution in [1.82, 2.24) is 15.2 Å². The van der Waals surface area contributed by atoms with E-state index in [0.717, 1.165) is 17.3 Å². The third-order valence-electron chi connectivity index (χ3n) is 1.90. The van der Waals surface area contributed by atoms with Crippen molar-refractivity contribution < 1.29 is 0 Å². The molecule has 0 saturated carbocycles. The molecule has 1 N–H and O–H groups in total. The van der Waals surface area contributed by atoms with Gasteiger partial charge in [0.1, 0.15) is 5.82 Å². The van der Waals surface area contributed by atoms with Crippen LogP contribution in [0, 0.1) is 11.3 Å². The van der Waals surface area contributed by atoms with Gasteiger partial charge in [-0.1, -0.05) is 0 Å². The van der Waals surface area contributed by atoms with Crippen LogP contribution in [0.2, 0.25) is 0 Å². The highest BCUT2D eigenvalue weighted by atomic mass is 32.2. The summed E-state index contributed by atoms with van der Waals surface area (Å²) in [7, 11) is 0. The maximum Gasteiger partial charge on any atom is 0.164 e. The zero-order chi connectivity index (χ0) is 9.80. The van der Waals surface area contributed by atoms with Gasteiger partial charge in [-0.3, -0.25) is 5.10 Å². The molecule has 1 aliphatic rings. The first-order valence-electron chi connectivity index (χ1n) is 4.37. The summed E-state index contributed by atoms with van der Waals surface area (Å²) in [5.74, 6) is 4.99. The number of rotatable bonds is 2.